The number of amides is 3. The van der Waals surface area contributed by atoms with Gasteiger partial charge in [-0.1, -0.05) is 52.7 Å². The molecule has 5 fully saturated rings. The minimum atomic E-state index is -1.53. The summed E-state index contributed by atoms with van der Waals surface area (Å²) in [5.41, 5.74) is -2.15. The van der Waals surface area contributed by atoms with Gasteiger partial charge < -0.3 is 38.3 Å². The number of carbonyl (C=O) groups is 5. The van der Waals surface area contributed by atoms with Gasteiger partial charge in [-0.2, -0.15) is 0 Å². The second-order valence-corrected chi connectivity index (χ2v) is 19.8. The van der Waals surface area contributed by atoms with Crippen molar-refractivity contribution < 1.29 is 66.6 Å². The number of hydrogen-bond acceptors (Lipinski definition) is 14. The molecule has 0 radical (unpaired) electrons. The lowest BCUT2D eigenvalue weighted by molar-refractivity contribution is -0.303. The highest BCUT2D eigenvalue weighted by Crippen LogP contribution is 2.44. The number of halogens is 1. The Morgan fingerprint density at radius 3 is 2.25 bits per heavy atom. The number of rotatable bonds is 10. The number of Topliss-reactive ketones (excluding diaryl/α,β-unsaturated/α-hetero) is 1. The van der Waals surface area contributed by atoms with E-state index in [1.165, 1.54) is 24.1 Å². The van der Waals surface area contributed by atoms with E-state index < -0.39 is 108 Å². The summed E-state index contributed by atoms with van der Waals surface area (Å²) in [7, 11) is 3.50. The van der Waals surface area contributed by atoms with Gasteiger partial charge in [-0.3, -0.25) is 19.4 Å². The van der Waals surface area contributed by atoms with E-state index in [-0.39, 0.29) is 50.0 Å². The van der Waals surface area contributed by atoms with Gasteiger partial charge in [-0.25, -0.2) is 23.7 Å². The molecule has 364 valence electrons. The third-order valence-electron chi connectivity index (χ3n) is 15.2. The lowest BCUT2D eigenvalue weighted by Crippen LogP contribution is -2.62. The van der Waals surface area contributed by atoms with Gasteiger partial charge in [0, 0.05) is 43.5 Å². The number of imide groups is 1. The molecule has 15 unspecified atom stereocenters. The Morgan fingerprint density at radius 2 is 1.65 bits per heavy atom. The molecule has 4 saturated heterocycles. The van der Waals surface area contributed by atoms with Gasteiger partial charge >= 0.3 is 24.2 Å². The van der Waals surface area contributed by atoms with E-state index in [0.29, 0.717) is 12.8 Å². The van der Waals surface area contributed by atoms with Crippen molar-refractivity contribution in [1.82, 2.24) is 14.7 Å². The van der Waals surface area contributed by atoms with Crippen molar-refractivity contribution >= 4 is 30.0 Å². The Kier molecular flexibility index (Phi) is 16.0. The zero-order valence-corrected chi connectivity index (χ0v) is 40.0. The lowest BCUT2D eigenvalue weighted by atomic mass is 9.73. The summed E-state index contributed by atoms with van der Waals surface area (Å²) in [6.07, 6.45) is -3.51. The predicted octanol–water partition coefficient (Wildman–Crippen LogP) is 6.66. The fraction of sp³-hybridized carbons (Fsp3) is 0.771. The molecule has 65 heavy (non-hydrogen) atoms. The molecule has 6 rings (SSSR count). The number of nitrogens with zero attached hydrogens (tertiary/aromatic N) is 3. The Morgan fingerprint density at radius 1 is 0.985 bits per heavy atom. The van der Waals surface area contributed by atoms with Crippen molar-refractivity contribution in [1.29, 1.82) is 0 Å². The molecular weight excluding hydrogens is 846 g/mol. The normalized spacial score (nSPS) is 38.9. The highest BCUT2D eigenvalue weighted by Gasteiger charge is 2.61. The molecule has 16 nitrogen and oxygen atoms in total. The first-order valence-electron chi connectivity index (χ1n) is 23.6. The van der Waals surface area contributed by atoms with Crippen molar-refractivity contribution in [2.45, 2.75) is 186 Å². The molecule has 0 spiro atoms. The second kappa shape index (κ2) is 20.5. The summed E-state index contributed by atoms with van der Waals surface area (Å²) >= 11 is 0. The number of methoxy groups -OCH3 is 1. The maximum Gasteiger partial charge on any atom is 0.419 e. The third-order valence-corrected chi connectivity index (χ3v) is 15.2. The van der Waals surface area contributed by atoms with Gasteiger partial charge in [0.25, 0.3) is 0 Å². The molecule has 17 heteroatoms. The number of aliphatic hydroxyl groups is 1. The summed E-state index contributed by atoms with van der Waals surface area (Å²) in [4.78, 5) is 75.2. The maximum absolute atomic E-state index is 15.0. The quantitative estimate of drug-likeness (QED) is 0.194. The molecule has 5 aliphatic rings. The standard InChI is InChI=1S/C48H72FN3O13/c1-12-36-48(9)40(51(44(56)65-48)22-21-32-17-19-33(49)20-18-32)29(5)37(53)26(2)24-47(8,59-11)41(64-43-38(54)35(23-28(4)61-43)50(10)34-15-13-14-16-34)30(6)39(31(7)42(55)62-36)63-46(58)52-27(3)25-60-45(52)57/h17-20,26-31,34-36,38-41,43,54H,12-16,21-25H2,1-11H3. The topological polar surface area (TPSA) is 180 Å². The summed E-state index contributed by atoms with van der Waals surface area (Å²) in [6, 6.07) is 4.33. The predicted molar refractivity (Wildman–Crippen MR) is 234 cm³/mol. The molecule has 0 aromatic heterocycles. The number of cyclic esters (lactones) is 2. The smallest absolute Gasteiger partial charge is 0.419 e. The largest absolute Gasteiger partial charge is 0.458 e. The number of hydrogen-bond donors (Lipinski definition) is 1. The van der Waals surface area contributed by atoms with Crippen LogP contribution in [0, 0.1) is 29.5 Å². The Bertz CT molecular complexity index is 1870. The minimum Gasteiger partial charge on any atom is -0.458 e. The molecular formula is C48H72FN3O13. The van der Waals surface area contributed by atoms with E-state index in [1.54, 1.807) is 67.5 Å². The minimum absolute atomic E-state index is 0.0471. The number of fused-ring (bicyclic) bond motifs is 1. The van der Waals surface area contributed by atoms with Crippen LogP contribution in [0.1, 0.15) is 113 Å². The van der Waals surface area contributed by atoms with E-state index in [0.717, 1.165) is 36.1 Å². The Labute approximate surface area is 383 Å². The maximum atomic E-state index is 15.0. The van der Waals surface area contributed by atoms with Crippen molar-refractivity contribution in [3.63, 3.8) is 0 Å². The second-order valence-electron chi connectivity index (χ2n) is 19.8. The number of aliphatic hydroxyl groups excluding tert-OH is 1. The van der Waals surface area contributed by atoms with Gasteiger partial charge in [0.05, 0.1) is 35.8 Å². The van der Waals surface area contributed by atoms with Gasteiger partial charge in [0.1, 0.15) is 36.5 Å². The van der Waals surface area contributed by atoms with Crippen molar-refractivity contribution in [2.24, 2.45) is 23.7 Å². The first-order chi connectivity index (χ1) is 30.6. The molecule has 1 aliphatic carbocycles. The van der Waals surface area contributed by atoms with Crippen molar-refractivity contribution in [2.75, 3.05) is 27.3 Å². The van der Waals surface area contributed by atoms with Crippen molar-refractivity contribution in [3.05, 3.63) is 35.6 Å². The fourth-order valence-electron chi connectivity index (χ4n) is 11.4. The van der Waals surface area contributed by atoms with Crippen LogP contribution in [0.25, 0.3) is 0 Å². The zero-order chi connectivity index (χ0) is 47.7. The number of benzene rings is 1. The monoisotopic (exact) mass is 918 g/mol. The van der Waals surface area contributed by atoms with Gasteiger partial charge in [0.2, 0.25) is 0 Å². The van der Waals surface area contributed by atoms with E-state index in [1.807, 2.05) is 14.0 Å². The van der Waals surface area contributed by atoms with Crippen LogP contribution >= 0.6 is 0 Å². The number of carbonyl (C=O) groups excluding carboxylic acids is 5. The first kappa shape index (κ1) is 50.5. The molecule has 1 saturated carbocycles. The summed E-state index contributed by atoms with van der Waals surface area (Å²) in [5, 5.41) is 12.1. The molecule has 15 atom stereocenters. The molecule has 1 aromatic carbocycles. The van der Waals surface area contributed by atoms with E-state index in [4.69, 9.17) is 33.2 Å². The van der Waals surface area contributed by atoms with E-state index >= 15 is 0 Å². The van der Waals surface area contributed by atoms with Crippen LogP contribution in [0.15, 0.2) is 24.3 Å². The molecule has 0 bridgehead atoms. The van der Waals surface area contributed by atoms with Crippen LogP contribution in [-0.4, -0.2) is 149 Å². The number of esters is 1. The van der Waals surface area contributed by atoms with Crippen LogP contribution in [-0.2, 0) is 49.2 Å². The molecule has 4 heterocycles. The lowest BCUT2D eigenvalue weighted by Gasteiger charge is -2.49. The van der Waals surface area contributed by atoms with Gasteiger partial charge in [-0.15, -0.1) is 0 Å². The zero-order valence-electron chi connectivity index (χ0n) is 40.0. The van der Waals surface area contributed by atoms with E-state index in [2.05, 4.69) is 4.90 Å². The van der Waals surface area contributed by atoms with Crippen LogP contribution < -0.4 is 0 Å². The van der Waals surface area contributed by atoms with Crippen LogP contribution in [0.3, 0.4) is 0 Å². The molecule has 3 amide bonds. The van der Waals surface area contributed by atoms with Gasteiger partial charge in [0.15, 0.2) is 11.9 Å². The summed E-state index contributed by atoms with van der Waals surface area (Å²) < 4.78 is 57.4. The fourth-order valence-corrected chi connectivity index (χ4v) is 11.4. The molecule has 1 aromatic rings. The average molecular weight is 918 g/mol. The SMILES string of the molecule is CCC1OC(=O)C(C)C(OC(=O)N2C(=O)OCC2C)C(C)C(OC2OC(C)CC(N(C)C3CCCC3)C2O)C(C)(OC)CC(C)C(=O)C(C)C2N(CCc3ccc(F)cc3)C(=O)OC12C. The van der Waals surface area contributed by atoms with Gasteiger partial charge in [-0.05, 0) is 97.9 Å². The van der Waals surface area contributed by atoms with E-state index in [9.17, 15) is 33.5 Å². The van der Waals surface area contributed by atoms with Crippen molar-refractivity contribution in [3.8, 4) is 0 Å². The average Bonchev–Trinajstić information content (AvgIpc) is 4.00. The highest BCUT2D eigenvalue weighted by atomic mass is 19.1. The summed E-state index contributed by atoms with van der Waals surface area (Å²) in [5.74, 6) is -5.19. The Hall–Kier alpha value is -3.90. The summed E-state index contributed by atoms with van der Waals surface area (Å²) in [6.45, 7) is 15.6. The Balaban J connectivity index is 1.43. The van der Waals surface area contributed by atoms with Crippen LogP contribution in [0.5, 0.6) is 0 Å². The molecule has 4 aliphatic heterocycles. The van der Waals surface area contributed by atoms with Crippen LogP contribution in [0.4, 0.5) is 18.8 Å². The number of likely N-dealkylation sites (N-methyl/N-ethyl adjacent to an activating group) is 1. The highest BCUT2D eigenvalue weighted by molar-refractivity contribution is 5.90. The first-order valence-corrected chi connectivity index (χ1v) is 23.6. The molecule has 1 N–H and O–H groups in total. The third kappa shape index (κ3) is 10.3. The number of ether oxygens (including phenoxy) is 7. The van der Waals surface area contributed by atoms with Crippen LogP contribution in [0.2, 0.25) is 0 Å². The number of ketones is 1.